The molecule has 0 aliphatic carbocycles. The zero-order valence-corrected chi connectivity index (χ0v) is 14.2. The van der Waals surface area contributed by atoms with Crippen LogP contribution >= 0.6 is 0 Å². The Hall–Kier alpha value is -0.610. The lowest BCUT2D eigenvalue weighted by Crippen LogP contribution is -2.53. The Balaban J connectivity index is 4.14. The summed E-state index contributed by atoms with van der Waals surface area (Å²) in [6.45, 7) is 13.8. The first-order valence-corrected chi connectivity index (χ1v) is 8.16. The third-order valence-corrected chi connectivity index (χ3v) is 3.92. The summed E-state index contributed by atoms with van der Waals surface area (Å²) >= 11 is 0. The van der Waals surface area contributed by atoms with Gasteiger partial charge >= 0.3 is 0 Å². The molecule has 20 heavy (non-hydrogen) atoms. The van der Waals surface area contributed by atoms with Gasteiger partial charge in [0.2, 0.25) is 5.91 Å². The summed E-state index contributed by atoms with van der Waals surface area (Å²) in [4.78, 5) is 14.1. The summed E-state index contributed by atoms with van der Waals surface area (Å²) in [5.41, 5.74) is 4.99. The van der Waals surface area contributed by atoms with Gasteiger partial charge in [-0.3, -0.25) is 4.79 Å². The maximum atomic E-state index is 11.6. The van der Waals surface area contributed by atoms with Gasteiger partial charge in [0.15, 0.2) is 0 Å². The lowest BCUT2D eigenvalue weighted by Gasteiger charge is -2.29. The Morgan fingerprint density at radius 3 is 2.30 bits per heavy atom. The van der Waals surface area contributed by atoms with Crippen molar-refractivity contribution in [2.75, 3.05) is 19.6 Å². The van der Waals surface area contributed by atoms with Crippen LogP contribution < -0.4 is 11.1 Å². The fourth-order valence-electron chi connectivity index (χ4n) is 2.41. The van der Waals surface area contributed by atoms with Crippen molar-refractivity contribution in [1.82, 2.24) is 10.2 Å². The van der Waals surface area contributed by atoms with E-state index in [9.17, 15) is 4.79 Å². The molecule has 0 saturated heterocycles. The highest BCUT2D eigenvalue weighted by Crippen LogP contribution is 2.14. The van der Waals surface area contributed by atoms with Gasteiger partial charge < -0.3 is 16.0 Å². The third-order valence-electron chi connectivity index (χ3n) is 3.92. The van der Waals surface area contributed by atoms with Gasteiger partial charge in [-0.25, -0.2) is 0 Å². The van der Waals surface area contributed by atoms with E-state index in [1.807, 2.05) is 6.92 Å². The van der Waals surface area contributed by atoms with Gasteiger partial charge in [-0.2, -0.15) is 0 Å². The highest BCUT2D eigenvalue weighted by molar-refractivity contribution is 5.84. The lowest BCUT2D eigenvalue weighted by molar-refractivity contribution is -0.124. The molecule has 0 radical (unpaired) electrons. The molecule has 0 aromatic carbocycles. The van der Waals surface area contributed by atoms with E-state index in [1.165, 1.54) is 6.42 Å². The number of rotatable bonds is 12. The van der Waals surface area contributed by atoms with Crippen molar-refractivity contribution in [1.29, 1.82) is 0 Å². The number of hydrogen-bond acceptors (Lipinski definition) is 3. The van der Waals surface area contributed by atoms with Crippen molar-refractivity contribution in [3.8, 4) is 0 Å². The van der Waals surface area contributed by atoms with Crippen LogP contribution in [0.25, 0.3) is 0 Å². The van der Waals surface area contributed by atoms with E-state index in [0.717, 1.165) is 45.3 Å². The van der Waals surface area contributed by atoms with Crippen molar-refractivity contribution in [3.63, 3.8) is 0 Å². The topological polar surface area (TPSA) is 58.4 Å². The molecule has 1 atom stereocenters. The normalized spacial score (nSPS) is 14.8. The number of hydrogen-bond donors (Lipinski definition) is 2. The molecular weight excluding hydrogens is 250 g/mol. The van der Waals surface area contributed by atoms with Gasteiger partial charge in [0, 0.05) is 6.04 Å². The molecule has 0 spiro atoms. The molecule has 3 N–H and O–H groups in total. The van der Waals surface area contributed by atoms with Crippen molar-refractivity contribution >= 4 is 5.91 Å². The van der Waals surface area contributed by atoms with Crippen LogP contribution in [0.15, 0.2) is 0 Å². The Morgan fingerprint density at radius 1 is 1.20 bits per heavy atom. The molecule has 0 bridgehead atoms. The van der Waals surface area contributed by atoms with Crippen LogP contribution in [0.2, 0.25) is 0 Å². The third kappa shape index (κ3) is 7.25. The van der Waals surface area contributed by atoms with Crippen LogP contribution in [0, 0.1) is 0 Å². The van der Waals surface area contributed by atoms with Crippen LogP contribution in [-0.4, -0.2) is 42.0 Å². The van der Waals surface area contributed by atoms with Crippen LogP contribution in [0.4, 0.5) is 0 Å². The molecular formula is C16H35N3O. The molecule has 120 valence electrons. The van der Waals surface area contributed by atoms with Gasteiger partial charge in [0.05, 0.1) is 5.54 Å². The van der Waals surface area contributed by atoms with Gasteiger partial charge in [-0.1, -0.05) is 13.8 Å². The summed E-state index contributed by atoms with van der Waals surface area (Å²) in [5.74, 6) is -0.236. The molecule has 0 fully saturated rings. The van der Waals surface area contributed by atoms with E-state index in [-0.39, 0.29) is 5.91 Å². The Morgan fingerprint density at radius 2 is 1.85 bits per heavy atom. The number of carbonyl (C=O) groups is 1. The second kappa shape index (κ2) is 10.2. The average molecular weight is 285 g/mol. The summed E-state index contributed by atoms with van der Waals surface area (Å²) < 4.78 is 0. The second-order valence-electron chi connectivity index (χ2n) is 6.21. The summed E-state index contributed by atoms with van der Waals surface area (Å²) in [6, 6.07) is 0.593. The summed E-state index contributed by atoms with van der Waals surface area (Å²) in [5, 5.41) is 3.29. The zero-order valence-electron chi connectivity index (χ0n) is 14.2. The smallest absolute Gasteiger partial charge is 0.237 e. The number of amides is 1. The van der Waals surface area contributed by atoms with Gasteiger partial charge in [0.25, 0.3) is 0 Å². The molecule has 4 nitrogen and oxygen atoms in total. The maximum Gasteiger partial charge on any atom is 0.237 e. The monoisotopic (exact) mass is 285 g/mol. The zero-order chi connectivity index (χ0) is 15.6. The number of carbonyl (C=O) groups excluding carboxylic acids is 1. The molecule has 0 rings (SSSR count). The number of nitrogens with one attached hydrogen (secondary N) is 1. The SMILES string of the molecule is CCCNC(C)(CCCCN(CCC)C(C)C)C(N)=O. The molecule has 1 amide bonds. The first-order valence-electron chi connectivity index (χ1n) is 8.16. The highest BCUT2D eigenvalue weighted by Gasteiger charge is 2.29. The van der Waals surface area contributed by atoms with Crippen molar-refractivity contribution in [2.45, 2.75) is 78.3 Å². The van der Waals surface area contributed by atoms with Crippen LogP contribution in [0.5, 0.6) is 0 Å². The standard InChI is InChI=1S/C16H35N3O/c1-6-11-18-16(5,15(17)20)10-8-9-13-19(12-7-2)14(3)4/h14,18H,6-13H2,1-5H3,(H2,17,20). The molecule has 1 unspecified atom stereocenters. The fourth-order valence-corrected chi connectivity index (χ4v) is 2.41. The van der Waals surface area contributed by atoms with Gasteiger partial charge in [0.1, 0.15) is 0 Å². The molecule has 0 saturated carbocycles. The Labute approximate surface area is 125 Å². The van der Waals surface area contributed by atoms with Crippen LogP contribution in [-0.2, 0) is 4.79 Å². The molecule has 0 aromatic rings. The van der Waals surface area contributed by atoms with Crippen LogP contribution in [0.3, 0.4) is 0 Å². The molecule has 0 aliphatic heterocycles. The van der Waals surface area contributed by atoms with E-state index < -0.39 is 5.54 Å². The predicted octanol–water partition coefficient (Wildman–Crippen LogP) is 2.52. The van der Waals surface area contributed by atoms with E-state index in [0.29, 0.717) is 6.04 Å². The van der Waals surface area contributed by atoms with Gasteiger partial charge in [-0.05, 0) is 72.5 Å². The van der Waals surface area contributed by atoms with Crippen molar-refractivity contribution in [2.24, 2.45) is 5.73 Å². The van der Waals surface area contributed by atoms with Crippen molar-refractivity contribution in [3.05, 3.63) is 0 Å². The Bertz CT molecular complexity index is 268. The predicted molar refractivity (Wildman–Crippen MR) is 86.7 cm³/mol. The Kier molecular flexibility index (Phi) is 9.86. The molecule has 0 aromatic heterocycles. The number of unbranched alkanes of at least 4 members (excludes halogenated alkanes) is 1. The molecule has 4 heteroatoms. The highest BCUT2D eigenvalue weighted by atomic mass is 16.1. The van der Waals surface area contributed by atoms with Gasteiger partial charge in [-0.15, -0.1) is 0 Å². The summed E-state index contributed by atoms with van der Waals surface area (Å²) in [6.07, 6.45) is 5.17. The molecule has 0 aliphatic rings. The number of nitrogens with two attached hydrogens (primary N) is 1. The fraction of sp³-hybridized carbons (Fsp3) is 0.938. The minimum absolute atomic E-state index is 0.236. The lowest BCUT2D eigenvalue weighted by atomic mass is 9.93. The number of nitrogens with zero attached hydrogens (tertiary/aromatic N) is 1. The average Bonchev–Trinajstić information content (AvgIpc) is 2.39. The van der Waals surface area contributed by atoms with Crippen LogP contribution in [0.1, 0.15) is 66.7 Å². The van der Waals surface area contributed by atoms with E-state index in [1.54, 1.807) is 0 Å². The second-order valence-corrected chi connectivity index (χ2v) is 6.21. The quantitative estimate of drug-likeness (QED) is 0.542. The first-order chi connectivity index (χ1) is 9.37. The summed E-state index contributed by atoms with van der Waals surface area (Å²) in [7, 11) is 0. The van der Waals surface area contributed by atoms with Crippen molar-refractivity contribution < 1.29 is 4.79 Å². The minimum Gasteiger partial charge on any atom is -0.368 e. The largest absolute Gasteiger partial charge is 0.368 e. The minimum atomic E-state index is -0.552. The number of primary amides is 1. The van der Waals surface area contributed by atoms with E-state index in [4.69, 9.17) is 5.73 Å². The van der Waals surface area contributed by atoms with E-state index >= 15 is 0 Å². The maximum absolute atomic E-state index is 11.6. The van der Waals surface area contributed by atoms with E-state index in [2.05, 4.69) is 37.9 Å². The molecule has 0 heterocycles. The first kappa shape index (κ1) is 19.4.